The second-order valence-electron chi connectivity index (χ2n) is 12.4. The van der Waals surface area contributed by atoms with Crippen molar-refractivity contribution in [3.63, 3.8) is 0 Å². The van der Waals surface area contributed by atoms with Crippen LogP contribution in [0.3, 0.4) is 0 Å². The van der Waals surface area contributed by atoms with Gasteiger partial charge in [-0.3, -0.25) is 9.80 Å². The minimum Gasteiger partial charge on any atom is -0.463 e. The highest BCUT2D eigenvalue weighted by Gasteiger charge is 2.47. The average molecular weight is 503 g/mol. The molecule has 1 aliphatic carbocycles. The second-order valence-corrected chi connectivity index (χ2v) is 12.4. The van der Waals surface area contributed by atoms with Crippen LogP contribution in [0.4, 0.5) is 15.0 Å². The lowest BCUT2D eigenvalue weighted by Crippen LogP contribution is -2.57. The van der Waals surface area contributed by atoms with Gasteiger partial charge in [0.15, 0.2) is 0 Å². The van der Waals surface area contributed by atoms with Crippen LogP contribution in [0.1, 0.15) is 64.1 Å². The third kappa shape index (κ3) is 4.86. The lowest BCUT2D eigenvalue weighted by atomic mass is 10.1. The summed E-state index contributed by atoms with van der Waals surface area (Å²) in [5.74, 6) is 0.936. The number of alkyl halides is 1. The molecule has 3 saturated heterocycles. The molecule has 36 heavy (non-hydrogen) atoms. The summed E-state index contributed by atoms with van der Waals surface area (Å²) < 4.78 is 25.6. The van der Waals surface area contributed by atoms with Gasteiger partial charge in [0.25, 0.3) is 0 Å². The number of piperazine rings is 1. The molecule has 0 radical (unpaired) electrons. The number of fused-ring (bicyclic) bond motifs is 3. The minimum absolute atomic E-state index is 0.100. The number of hydrogen-bond donors (Lipinski definition) is 1. The van der Waals surface area contributed by atoms with Crippen LogP contribution < -0.4 is 15.0 Å². The lowest BCUT2D eigenvalue weighted by Gasteiger charge is -2.42. The molecule has 198 valence electrons. The number of carbonyl (C=O) groups is 1. The fraction of sp³-hybridized carbons (Fsp3) is 0.808. The van der Waals surface area contributed by atoms with Crippen molar-refractivity contribution in [2.45, 2.75) is 89.8 Å². The zero-order valence-electron chi connectivity index (χ0n) is 21.8. The molecular weight excluding hydrogens is 463 g/mol. The van der Waals surface area contributed by atoms with E-state index in [1.807, 2.05) is 25.7 Å². The predicted molar refractivity (Wildman–Crippen MR) is 133 cm³/mol. The molecule has 1 aromatic rings. The molecule has 2 bridgehead atoms. The third-order valence-corrected chi connectivity index (χ3v) is 8.27. The van der Waals surface area contributed by atoms with E-state index in [9.17, 15) is 9.18 Å². The molecule has 10 heteroatoms. The molecule has 0 aromatic carbocycles. The van der Waals surface area contributed by atoms with E-state index in [0.29, 0.717) is 32.1 Å². The number of hydrogen-bond acceptors (Lipinski definition) is 8. The van der Waals surface area contributed by atoms with Crippen molar-refractivity contribution in [2.75, 3.05) is 44.2 Å². The highest BCUT2D eigenvalue weighted by Crippen LogP contribution is 2.47. The Morgan fingerprint density at radius 1 is 1.11 bits per heavy atom. The number of nitrogens with zero attached hydrogens (tertiary/aromatic N) is 5. The number of likely N-dealkylation sites (tertiary alicyclic amines) is 1. The van der Waals surface area contributed by atoms with E-state index in [4.69, 9.17) is 19.4 Å². The Morgan fingerprint density at radius 3 is 2.50 bits per heavy atom. The summed E-state index contributed by atoms with van der Waals surface area (Å²) in [5, 5.41) is 3.41. The van der Waals surface area contributed by atoms with Crippen LogP contribution in [0.15, 0.2) is 0 Å². The van der Waals surface area contributed by atoms with E-state index in [1.54, 1.807) is 0 Å². The normalized spacial score (nSPS) is 28.9. The van der Waals surface area contributed by atoms with Crippen LogP contribution in [-0.2, 0) is 17.8 Å². The fourth-order valence-corrected chi connectivity index (χ4v) is 6.29. The summed E-state index contributed by atoms with van der Waals surface area (Å²) in [4.78, 5) is 29.1. The van der Waals surface area contributed by atoms with Gasteiger partial charge < -0.3 is 19.7 Å². The van der Waals surface area contributed by atoms with Crippen molar-refractivity contribution < 1.29 is 18.7 Å². The van der Waals surface area contributed by atoms with E-state index in [1.165, 1.54) is 0 Å². The van der Waals surface area contributed by atoms with Gasteiger partial charge in [-0.15, -0.1) is 0 Å². The number of anilines is 1. The van der Waals surface area contributed by atoms with Crippen LogP contribution in [0.25, 0.3) is 0 Å². The van der Waals surface area contributed by atoms with Crippen molar-refractivity contribution in [3.8, 4) is 6.01 Å². The molecule has 1 amide bonds. The average Bonchev–Trinajstić information content (AvgIpc) is 3.09. The van der Waals surface area contributed by atoms with Crippen LogP contribution in [0, 0.1) is 5.41 Å². The summed E-state index contributed by atoms with van der Waals surface area (Å²) in [6.45, 7) is 11.5. The first-order chi connectivity index (χ1) is 17.2. The number of aromatic nitrogens is 2. The third-order valence-electron chi connectivity index (χ3n) is 8.27. The molecule has 9 nitrogen and oxygen atoms in total. The van der Waals surface area contributed by atoms with Gasteiger partial charge in [-0.05, 0) is 52.9 Å². The first-order valence-corrected chi connectivity index (χ1v) is 13.5. The maximum atomic E-state index is 13.6. The Kier molecular flexibility index (Phi) is 6.02. The van der Waals surface area contributed by atoms with E-state index < -0.39 is 11.8 Å². The Morgan fingerprint density at radius 2 is 1.86 bits per heavy atom. The van der Waals surface area contributed by atoms with E-state index in [0.717, 1.165) is 75.5 Å². The molecular formula is C26H39FN6O3. The Labute approximate surface area is 212 Å². The quantitative estimate of drug-likeness (QED) is 0.636. The molecule has 1 N–H and O–H groups in total. The SMILES string of the molecule is CC(C)(C)OC(=O)N1C2CCC1CN(c1nc(OCC3(CN4CC[C@@H](F)C4)CC3)nc3c1CNC3)C2. The molecule has 5 heterocycles. The summed E-state index contributed by atoms with van der Waals surface area (Å²) in [6.07, 6.45) is 3.92. The summed E-state index contributed by atoms with van der Waals surface area (Å²) in [7, 11) is 0. The Hall–Kier alpha value is -2.20. The number of halogens is 1. The maximum absolute atomic E-state index is 13.6. The van der Waals surface area contributed by atoms with Gasteiger partial charge in [0.05, 0.1) is 24.4 Å². The predicted octanol–water partition coefficient (Wildman–Crippen LogP) is 2.87. The smallest absolute Gasteiger partial charge is 0.410 e. The lowest BCUT2D eigenvalue weighted by molar-refractivity contribution is 0.0122. The Bertz CT molecular complexity index is 998. The molecule has 2 unspecified atom stereocenters. The van der Waals surface area contributed by atoms with Gasteiger partial charge in [0.1, 0.15) is 17.6 Å². The van der Waals surface area contributed by atoms with Gasteiger partial charge in [0.2, 0.25) is 0 Å². The van der Waals surface area contributed by atoms with E-state index in [2.05, 4.69) is 15.1 Å². The summed E-state index contributed by atoms with van der Waals surface area (Å²) >= 11 is 0. The van der Waals surface area contributed by atoms with E-state index >= 15 is 0 Å². The summed E-state index contributed by atoms with van der Waals surface area (Å²) in [5.41, 5.74) is 1.74. The number of nitrogens with one attached hydrogen (secondary N) is 1. The fourth-order valence-electron chi connectivity index (χ4n) is 6.29. The highest BCUT2D eigenvalue weighted by molar-refractivity contribution is 5.70. The monoisotopic (exact) mass is 502 g/mol. The zero-order valence-corrected chi connectivity index (χ0v) is 21.8. The van der Waals surface area contributed by atoms with Gasteiger partial charge in [-0.25, -0.2) is 9.18 Å². The second kappa shape index (κ2) is 8.97. The number of rotatable bonds is 6. The van der Waals surface area contributed by atoms with Crippen molar-refractivity contribution in [1.82, 2.24) is 25.1 Å². The minimum atomic E-state index is -0.692. The maximum Gasteiger partial charge on any atom is 0.410 e. The number of carbonyl (C=O) groups excluding carboxylic acids is 1. The zero-order chi connectivity index (χ0) is 25.1. The first kappa shape index (κ1) is 24.2. The van der Waals surface area contributed by atoms with Crippen molar-refractivity contribution in [3.05, 3.63) is 11.3 Å². The Balaban J connectivity index is 1.15. The molecule has 6 rings (SSSR count). The van der Waals surface area contributed by atoms with Crippen molar-refractivity contribution in [2.24, 2.45) is 5.41 Å². The van der Waals surface area contributed by atoms with Gasteiger partial charge in [-0.1, -0.05) is 0 Å². The molecule has 5 aliphatic rings. The first-order valence-electron chi connectivity index (χ1n) is 13.5. The number of amides is 1. The van der Waals surface area contributed by atoms with Crippen LogP contribution in [0.5, 0.6) is 6.01 Å². The summed E-state index contributed by atoms with van der Waals surface area (Å²) in [6, 6.07) is 0.681. The highest BCUT2D eigenvalue weighted by atomic mass is 19.1. The largest absolute Gasteiger partial charge is 0.463 e. The van der Waals surface area contributed by atoms with Gasteiger partial charge >= 0.3 is 12.1 Å². The van der Waals surface area contributed by atoms with Crippen LogP contribution >= 0.6 is 0 Å². The molecule has 1 aromatic heterocycles. The molecule has 1 saturated carbocycles. The van der Waals surface area contributed by atoms with Crippen LogP contribution in [0.2, 0.25) is 0 Å². The van der Waals surface area contributed by atoms with E-state index in [-0.39, 0.29) is 23.6 Å². The van der Waals surface area contributed by atoms with Gasteiger partial charge in [-0.2, -0.15) is 9.97 Å². The standard InChI is InChI=1S/C26H39FN6O3/c1-25(2,3)36-24(34)33-18-4-5-19(33)14-32(13-18)22-20-10-28-11-21(20)29-23(30-22)35-16-26(7-8-26)15-31-9-6-17(27)12-31/h17-19,28H,4-16H2,1-3H3/t17-,18?,19?/m1/s1. The number of ether oxygens (including phenoxy) is 2. The molecule has 0 spiro atoms. The molecule has 4 aliphatic heterocycles. The topological polar surface area (TPSA) is 83.1 Å². The van der Waals surface area contributed by atoms with Gasteiger partial charge in [0, 0.05) is 56.8 Å². The van der Waals surface area contributed by atoms with Crippen molar-refractivity contribution >= 4 is 11.9 Å². The van der Waals surface area contributed by atoms with Crippen molar-refractivity contribution in [1.29, 1.82) is 0 Å². The molecule has 3 atom stereocenters. The molecule has 4 fully saturated rings. The van der Waals surface area contributed by atoms with Crippen LogP contribution in [-0.4, -0.2) is 89.0 Å².